The van der Waals surface area contributed by atoms with Crippen LogP contribution in [0.5, 0.6) is 0 Å². The summed E-state index contributed by atoms with van der Waals surface area (Å²) < 4.78 is 11.1. The molecule has 0 aliphatic carbocycles. The summed E-state index contributed by atoms with van der Waals surface area (Å²) in [7, 11) is 0. The normalized spacial score (nSPS) is 11.2. The Morgan fingerprint density at radius 2 is 0.857 bits per heavy atom. The number of rotatable bonds is 4. The summed E-state index contributed by atoms with van der Waals surface area (Å²) in [5.41, 5.74) is -0.130. The van der Waals surface area contributed by atoms with Gasteiger partial charge in [0.05, 0.1) is 0 Å². The van der Waals surface area contributed by atoms with Crippen molar-refractivity contribution in [2.45, 2.75) is 0 Å². The van der Waals surface area contributed by atoms with E-state index < -0.39 is 23.1 Å². The molecule has 7 rings (SSSR count). The lowest BCUT2D eigenvalue weighted by atomic mass is 10.1. The Labute approximate surface area is 236 Å². The summed E-state index contributed by atoms with van der Waals surface area (Å²) in [6, 6.07) is 31.7. The van der Waals surface area contributed by atoms with E-state index in [0.29, 0.717) is 33.3 Å². The third-order valence-electron chi connectivity index (χ3n) is 7.14. The van der Waals surface area contributed by atoms with Gasteiger partial charge in [-0.25, -0.2) is 9.59 Å². The molecule has 0 unspecified atom stereocenters. The number of anilines is 2. The van der Waals surface area contributed by atoms with Crippen molar-refractivity contribution in [2.75, 3.05) is 10.6 Å². The van der Waals surface area contributed by atoms with Crippen molar-refractivity contribution in [2.24, 2.45) is 0 Å². The van der Waals surface area contributed by atoms with Crippen molar-refractivity contribution < 1.29 is 18.4 Å². The minimum atomic E-state index is -0.748. The van der Waals surface area contributed by atoms with Gasteiger partial charge >= 0.3 is 11.3 Å². The highest BCUT2D eigenvalue weighted by Crippen LogP contribution is 2.26. The Kier molecular flexibility index (Phi) is 5.87. The molecule has 0 radical (unpaired) electrons. The monoisotopic (exact) mass is 552 g/mol. The van der Waals surface area contributed by atoms with E-state index in [2.05, 4.69) is 10.6 Å². The van der Waals surface area contributed by atoms with Crippen LogP contribution < -0.4 is 21.9 Å². The van der Waals surface area contributed by atoms with Gasteiger partial charge in [-0.05, 0) is 47.2 Å². The van der Waals surface area contributed by atoms with Crippen LogP contribution in [-0.4, -0.2) is 11.8 Å². The Morgan fingerprint density at radius 3 is 1.29 bits per heavy atom. The van der Waals surface area contributed by atoms with Gasteiger partial charge in [0.25, 0.3) is 11.8 Å². The van der Waals surface area contributed by atoms with Crippen LogP contribution in [0.2, 0.25) is 0 Å². The number of benzene rings is 5. The maximum absolute atomic E-state index is 12.9. The Bertz CT molecular complexity index is 2170. The summed E-state index contributed by atoms with van der Waals surface area (Å²) in [6.07, 6.45) is 0. The average molecular weight is 553 g/mol. The minimum Gasteiger partial charge on any atom is -0.421 e. The molecular formula is C34H20N2O6. The quantitative estimate of drug-likeness (QED) is 0.185. The molecule has 2 amide bonds. The van der Waals surface area contributed by atoms with Gasteiger partial charge in [-0.1, -0.05) is 72.8 Å². The van der Waals surface area contributed by atoms with Crippen molar-refractivity contribution in [3.05, 3.63) is 141 Å². The molecule has 202 valence electrons. The fourth-order valence-corrected chi connectivity index (χ4v) is 5.05. The van der Waals surface area contributed by atoms with Crippen LogP contribution in [-0.2, 0) is 0 Å². The van der Waals surface area contributed by atoms with Crippen LogP contribution >= 0.6 is 0 Å². The molecule has 0 atom stereocenters. The van der Waals surface area contributed by atoms with Crippen molar-refractivity contribution in [3.8, 4) is 0 Å². The van der Waals surface area contributed by atoms with Crippen LogP contribution in [0.15, 0.2) is 128 Å². The first-order chi connectivity index (χ1) is 20.4. The molecule has 42 heavy (non-hydrogen) atoms. The summed E-state index contributed by atoms with van der Waals surface area (Å²) in [6.45, 7) is 0. The Balaban J connectivity index is 1.09. The second-order valence-corrected chi connectivity index (χ2v) is 9.79. The lowest BCUT2D eigenvalue weighted by Gasteiger charge is -2.09. The lowest BCUT2D eigenvalue weighted by Crippen LogP contribution is -2.21. The summed E-state index contributed by atoms with van der Waals surface area (Å²) in [5.74, 6) is -1.26. The van der Waals surface area contributed by atoms with E-state index in [1.165, 1.54) is 12.1 Å². The highest BCUT2D eigenvalue weighted by Gasteiger charge is 2.17. The molecule has 0 saturated heterocycles. The highest BCUT2D eigenvalue weighted by molar-refractivity contribution is 6.10. The maximum Gasteiger partial charge on any atom is 0.349 e. The smallest absolute Gasteiger partial charge is 0.349 e. The predicted molar refractivity (Wildman–Crippen MR) is 162 cm³/mol. The molecule has 7 aromatic rings. The molecule has 0 aliphatic heterocycles. The molecule has 0 fully saturated rings. The van der Waals surface area contributed by atoms with E-state index in [9.17, 15) is 19.2 Å². The average Bonchev–Trinajstić information content (AvgIpc) is 3.01. The van der Waals surface area contributed by atoms with Gasteiger partial charge in [0.1, 0.15) is 22.3 Å². The number of fused-ring (bicyclic) bond motifs is 6. The first-order valence-electron chi connectivity index (χ1n) is 13.1. The first-order valence-corrected chi connectivity index (χ1v) is 13.1. The van der Waals surface area contributed by atoms with Crippen molar-refractivity contribution in [1.82, 2.24) is 0 Å². The summed E-state index contributed by atoms with van der Waals surface area (Å²) in [4.78, 5) is 51.2. The number of hydrogen-bond acceptors (Lipinski definition) is 6. The van der Waals surface area contributed by atoms with Gasteiger partial charge in [-0.3, -0.25) is 9.59 Å². The second kappa shape index (κ2) is 9.87. The fourth-order valence-electron chi connectivity index (χ4n) is 5.05. The van der Waals surface area contributed by atoms with E-state index in [1.807, 2.05) is 60.7 Å². The largest absolute Gasteiger partial charge is 0.421 e. The molecule has 2 heterocycles. The number of amides is 2. The fraction of sp³-hybridized carbons (Fsp3) is 0. The zero-order valence-electron chi connectivity index (χ0n) is 21.8. The molecule has 0 spiro atoms. The Morgan fingerprint density at radius 1 is 0.476 bits per heavy atom. The van der Waals surface area contributed by atoms with Crippen molar-refractivity contribution in [1.29, 1.82) is 0 Å². The predicted octanol–water partition coefficient (Wildman–Crippen LogP) is 6.71. The van der Waals surface area contributed by atoms with Crippen LogP contribution in [0.1, 0.15) is 20.7 Å². The first kappa shape index (κ1) is 25.0. The van der Waals surface area contributed by atoms with Gasteiger partial charge in [0, 0.05) is 32.9 Å². The van der Waals surface area contributed by atoms with Gasteiger partial charge in [-0.15, -0.1) is 0 Å². The Hall–Kier alpha value is -6.02. The third kappa shape index (κ3) is 4.37. The van der Waals surface area contributed by atoms with Crippen LogP contribution in [0.25, 0.3) is 43.5 Å². The molecule has 2 aromatic heterocycles. The topological polar surface area (TPSA) is 119 Å². The lowest BCUT2D eigenvalue weighted by molar-refractivity contribution is 0.101. The van der Waals surface area contributed by atoms with Crippen molar-refractivity contribution >= 4 is 66.7 Å². The number of hydrogen-bond donors (Lipinski definition) is 2. The van der Waals surface area contributed by atoms with Crippen molar-refractivity contribution in [3.63, 3.8) is 0 Å². The second-order valence-electron chi connectivity index (χ2n) is 9.79. The van der Waals surface area contributed by atoms with Gasteiger partial charge in [0.15, 0.2) is 0 Å². The molecular weight excluding hydrogens is 532 g/mol. The number of nitrogens with one attached hydrogen (secondary N) is 2. The van der Waals surface area contributed by atoms with Crippen LogP contribution in [0.4, 0.5) is 11.4 Å². The highest BCUT2D eigenvalue weighted by atomic mass is 16.4. The summed E-state index contributed by atoms with van der Waals surface area (Å²) >= 11 is 0. The zero-order chi connectivity index (χ0) is 28.8. The third-order valence-corrected chi connectivity index (χ3v) is 7.14. The molecule has 0 saturated carbocycles. The molecule has 0 aliphatic rings. The maximum atomic E-state index is 12.9. The van der Waals surface area contributed by atoms with Crippen LogP contribution in [0, 0.1) is 0 Å². The standard InChI is InChI=1S/C34H20N2O6/c37-31(27-17-21-11-9-19-5-1-3-7-25(19)29(21)41-33(27)39)35-23-13-15-24(16-14-23)36-32(38)28-18-22-12-10-20-6-2-4-8-26(20)30(22)42-34(28)40/h1-18H,(H,35,37)(H,36,38). The van der Waals surface area contributed by atoms with E-state index in [1.54, 1.807) is 36.4 Å². The molecule has 5 aromatic carbocycles. The summed E-state index contributed by atoms with van der Waals surface area (Å²) in [5, 5.41) is 10.0. The van der Waals surface area contributed by atoms with E-state index in [0.717, 1.165) is 21.5 Å². The number of carbonyl (C=O) groups excluding carboxylic acids is 2. The van der Waals surface area contributed by atoms with E-state index >= 15 is 0 Å². The molecule has 0 bridgehead atoms. The van der Waals surface area contributed by atoms with Gasteiger partial charge in [-0.2, -0.15) is 0 Å². The molecule has 8 nitrogen and oxygen atoms in total. The molecule has 8 heteroatoms. The van der Waals surface area contributed by atoms with Crippen LogP contribution in [0.3, 0.4) is 0 Å². The van der Waals surface area contributed by atoms with E-state index in [-0.39, 0.29) is 11.1 Å². The minimum absolute atomic E-state index is 0.133. The SMILES string of the molecule is O=C(Nc1ccc(NC(=O)c2cc3ccc4ccccc4c3oc2=O)cc1)c1cc2ccc3ccccc3c2oc1=O. The van der Waals surface area contributed by atoms with E-state index in [4.69, 9.17) is 8.83 Å². The van der Waals surface area contributed by atoms with Gasteiger partial charge < -0.3 is 19.5 Å². The zero-order valence-corrected chi connectivity index (χ0v) is 21.8. The van der Waals surface area contributed by atoms with Gasteiger partial charge in [0.2, 0.25) is 0 Å². The number of carbonyl (C=O) groups is 2. The molecule has 2 N–H and O–H groups in total.